The number of piperidine rings is 3. The van der Waals surface area contributed by atoms with Crippen molar-refractivity contribution in [1.82, 2.24) is 14.8 Å². The molecule has 6 rings (SSSR count). The molecular formula is C21H25ClN4O2. The second kappa shape index (κ2) is 6.42. The van der Waals surface area contributed by atoms with E-state index in [-0.39, 0.29) is 12.1 Å². The molecule has 7 heteroatoms. The molecule has 0 saturated carbocycles. The van der Waals surface area contributed by atoms with E-state index in [4.69, 9.17) is 16.3 Å². The summed E-state index contributed by atoms with van der Waals surface area (Å²) in [5, 5.41) is 6.87. The Balaban J connectivity index is 1.41. The van der Waals surface area contributed by atoms with Gasteiger partial charge in [-0.2, -0.15) is 0 Å². The van der Waals surface area contributed by atoms with Gasteiger partial charge in [0.2, 0.25) is 0 Å². The highest BCUT2D eigenvalue weighted by Crippen LogP contribution is 2.42. The van der Waals surface area contributed by atoms with Gasteiger partial charge in [0.05, 0.1) is 11.4 Å². The van der Waals surface area contributed by atoms with Crippen LogP contribution in [0.3, 0.4) is 0 Å². The number of hydrogen-bond acceptors (Lipinski definition) is 3. The molecule has 5 heterocycles. The van der Waals surface area contributed by atoms with E-state index in [9.17, 15) is 4.79 Å². The summed E-state index contributed by atoms with van der Waals surface area (Å²) >= 11 is 6.23. The number of amides is 2. The number of hydrogen-bond donors (Lipinski definition) is 2. The van der Waals surface area contributed by atoms with E-state index in [0.717, 1.165) is 36.8 Å². The molecule has 2 bridgehead atoms. The van der Waals surface area contributed by atoms with E-state index in [0.29, 0.717) is 16.8 Å². The standard InChI is InChI=1S/C21H25ClN4O2/c1-21(2)18-5-6-19(26(18)16-11-14(22)3-4-17(16)28-21)24-20(27)23-15-12-25-9-7-13(15)8-10-25/h3-6,11,13,15H,7-10,12H2,1-2H3,(H2,23,24,27). The molecule has 2 N–H and O–H groups in total. The quantitative estimate of drug-likeness (QED) is 0.801. The van der Waals surface area contributed by atoms with Crippen LogP contribution in [0.2, 0.25) is 5.02 Å². The van der Waals surface area contributed by atoms with Crippen LogP contribution in [0.25, 0.3) is 5.69 Å². The number of anilines is 1. The molecule has 0 radical (unpaired) electrons. The maximum absolute atomic E-state index is 12.8. The molecule has 28 heavy (non-hydrogen) atoms. The number of aromatic nitrogens is 1. The number of benzene rings is 1. The summed E-state index contributed by atoms with van der Waals surface area (Å²) in [5.74, 6) is 2.05. The SMILES string of the molecule is CC1(C)Oc2ccc(Cl)cc2-n2c(NC(=O)NC3CN4CCC3CC4)ccc21. The highest BCUT2D eigenvalue weighted by atomic mass is 35.5. The second-order valence-electron chi connectivity index (χ2n) is 8.51. The lowest BCUT2D eigenvalue weighted by molar-refractivity contribution is 0.0776. The Morgan fingerprint density at radius 3 is 2.71 bits per heavy atom. The molecule has 4 aliphatic heterocycles. The van der Waals surface area contributed by atoms with E-state index in [1.807, 2.05) is 48.7 Å². The van der Waals surface area contributed by atoms with E-state index >= 15 is 0 Å². The number of carbonyl (C=O) groups excluding carboxylic acids is 1. The number of ether oxygens (including phenoxy) is 1. The Morgan fingerprint density at radius 1 is 1.21 bits per heavy atom. The Hall–Kier alpha value is -2.18. The third-order valence-electron chi connectivity index (χ3n) is 6.24. The molecule has 148 valence electrons. The van der Waals surface area contributed by atoms with Crippen molar-refractivity contribution in [2.45, 2.75) is 38.3 Å². The van der Waals surface area contributed by atoms with Gasteiger partial charge < -0.3 is 15.0 Å². The Kier molecular flexibility index (Phi) is 4.10. The monoisotopic (exact) mass is 400 g/mol. The maximum atomic E-state index is 12.8. The van der Waals surface area contributed by atoms with E-state index in [2.05, 4.69) is 15.5 Å². The molecule has 1 atom stereocenters. The van der Waals surface area contributed by atoms with Crippen LogP contribution in [0.1, 0.15) is 32.4 Å². The summed E-state index contributed by atoms with van der Waals surface area (Å²) in [6.45, 7) is 7.30. The zero-order valence-corrected chi connectivity index (χ0v) is 16.9. The predicted molar refractivity (Wildman–Crippen MR) is 110 cm³/mol. The van der Waals surface area contributed by atoms with Gasteiger partial charge in [0.25, 0.3) is 0 Å². The summed E-state index contributed by atoms with van der Waals surface area (Å²) < 4.78 is 8.19. The van der Waals surface area contributed by atoms with Gasteiger partial charge in [-0.1, -0.05) is 11.6 Å². The minimum atomic E-state index is -0.507. The van der Waals surface area contributed by atoms with Crippen LogP contribution in [0.15, 0.2) is 30.3 Å². The second-order valence-corrected chi connectivity index (χ2v) is 8.94. The molecule has 2 amide bonds. The minimum Gasteiger partial charge on any atom is -0.479 e. The minimum absolute atomic E-state index is 0.160. The molecule has 1 aromatic carbocycles. The molecular weight excluding hydrogens is 376 g/mol. The van der Waals surface area contributed by atoms with Crippen molar-refractivity contribution >= 4 is 23.4 Å². The summed E-state index contributed by atoms with van der Waals surface area (Å²) in [7, 11) is 0. The zero-order valence-electron chi connectivity index (χ0n) is 16.2. The fourth-order valence-electron chi connectivity index (χ4n) is 4.79. The Bertz CT molecular complexity index is 930. The maximum Gasteiger partial charge on any atom is 0.320 e. The highest BCUT2D eigenvalue weighted by Gasteiger charge is 2.36. The van der Waals surface area contributed by atoms with Crippen molar-refractivity contribution in [3.05, 3.63) is 41.0 Å². The third-order valence-corrected chi connectivity index (χ3v) is 6.47. The number of fused-ring (bicyclic) bond motifs is 6. The lowest BCUT2D eigenvalue weighted by Crippen LogP contribution is -2.57. The third kappa shape index (κ3) is 2.95. The van der Waals surface area contributed by atoms with Gasteiger partial charge in [0.1, 0.15) is 17.2 Å². The van der Waals surface area contributed by atoms with Crippen LogP contribution in [0.4, 0.5) is 10.6 Å². The number of carbonyl (C=O) groups is 1. The summed E-state index contributed by atoms with van der Waals surface area (Å²) in [6.07, 6.45) is 2.34. The van der Waals surface area contributed by atoms with Gasteiger partial charge >= 0.3 is 6.03 Å². The van der Waals surface area contributed by atoms with Crippen LogP contribution in [0, 0.1) is 5.92 Å². The van der Waals surface area contributed by atoms with Gasteiger partial charge in [-0.05, 0) is 76.0 Å². The molecule has 1 unspecified atom stereocenters. The first kappa shape index (κ1) is 17.9. The van der Waals surface area contributed by atoms with Crippen LogP contribution in [-0.4, -0.2) is 41.2 Å². The van der Waals surface area contributed by atoms with Crippen molar-refractivity contribution < 1.29 is 9.53 Å². The molecule has 0 aliphatic carbocycles. The smallest absolute Gasteiger partial charge is 0.320 e. The zero-order chi connectivity index (χ0) is 19.5. The van der Waals surface area contributed by atoms with Crippen molar-refractivity contribution in [3.63, 3.8) is 0 Å². The lowest BCUT2D eigenvalue weighted by atomic mass is 9.84. The number of urea groups is 1. The van der Waals surface area contributed by atoms with Crippen LogP contribution >= 0.6 is 11.6 Å². The first-order valence-electron chi connectivity index (χ1n) is 9.92. The first-order valence-corrected chi connectivity index (χ1v) is 10.3. The molecule has 3 fully saturated rings. The van der Waals surface area contributed by atoms with Gasteiger partial charge in [-0.25, -0.2) is 4.79 Å². The fraction of sp³-hybridized carbons (Fsp3) is 0.476. The Morgan fingerprint density at radius 2 is 2.00 bits per heavy atom. The van der Waals surface area contributed by atoms with Crippen molar-refractivity contribution in [2.75, 3.05) is 25.0 Å². The average molecular weight is 401 g/mol. The summed E-state index contributed by atoms with van der Waals surface area (Å²) in [6, 6.07) is 9.54. The van der Waals surface area contributed by atoms with Gasteiger partial charge in [0, 0.05) is 17.6 Å². The number of halogens is 1. The normalized spacial score (nSPS) is 26.8. The van der Waals surface area contributed by atoms with Gasteiger partial charge in [-0.3, -0.25) is 9.88 Å². The van der Waals surface area contributed by atoms with Crippen LogP contribution in [0.5, 0.6) is 5.75 Å². The fourth-order valence-corrected chi connectivity index (χ4v) is 4.96. The van der Waals surface area contributed by atoms with E-state index < -0.39 is 5.60 Å². The van der Waals surface area contributed by atoms with E-state index in [1.165, 1.54) is 12.8 Å². The van der Waals surface area contributed by atoms with E-state index in [1.54, 1.807) is 0 Å². The summed E-state index contributed by atoms with van der Waals surface area (Å²) in [4.78, 5) is 15.2. The topological polar surface area (TPSA) is 58.5 Å². The van der Waals surface area contributed by atoms with Crippen LogP contribution < -0.4 is 15.4 Å². The molecule has 2 aromatic rings. The van der Waals surface area contributed by atoms with Crippen molar-refractivity contribution in [1.29, 1.82) is 0 Å². The average Bonchev–Trinajstić information content (AvgIpc) is 3.08. The highest BCUT2D eigenvalue weighted by molar-refractivity contribution is 6.30. The van der Waals surface area contributed by atoms with Crippen molar-refractivity contribution in [3.8, 4) is 11.4 Å². The Labute approximate surface area is 169 Å². The lowest BCUT2D eigenvalue weighted by Gasteiger charge is -2.44. The summed E-state index contributed by atoms with van der Waals surface area (Å²) in [5.41, 5.74) is 1.30. The van der Waals surface area contributed by atoms with Crippen molar-refractivity contribution in [2.24, 2.45) is 5.92 Å². The number of nitrogens with zero attached hydrogens (tertiary/aromatic N) is 2. The number of nitrogens with one attached hydrogen (secondary N) is 2. The molecule has 3 saturated heterocycles. The molecule has 6 nitrogen and oxygen atoms in total. The molecule has 0 spiro atoms. The van der Waals surface area contributed by atoms with Gasteiger partial charge in [-0.15, -0.1) is 0 Å². The first-order chi connectivity index (χ1) is 13.4. The molecule has 1 aromatic heterocycles. The molecule has 4 aliphatic rings. The number of rotatable bonds is 2. The van der Waals surface area contributed by atoms with Gasteiger partial charge in [0.15, 0.2) is 0 Å². The predicted octanol–water partition coefficient (Wildman–Crippen LogP) is 3.97. The largest absolute Gasteiger partial charge is 0.479 e. The van der Waals surface area contributed by atoms with Crippen LogP contribution in [-0.2, 0) is 5.60 Å².